The lowest BCUT2D eigenvalue weighted by Gasteiger charge is -2.18. The van der Waals surface area contributed by atoms with Gasteiger partial charge in [0.15, 0.2) is 23.1 Å². The van der Waals surface area contributed by atoms with E-state index in [1.165, 1.54) is 0 Å². The average Bonchev–Trinajstić information content (AvgIpc) is 2.26. The Balaban J connectivity index is 2.12. The first-order valence-corrected chi connectivity index (χ1v) is 4.28. The van der Waals surface area contributed by atoms with Crippen LogP contribution < -0.4 is 10.1 Å². The highest BCUT2D eigenvalue weighted by Gasteiger charge is 2.16. The highest BCUT2D eigenvalue weighted by Crippen LogP contribution is 2.38. The summed E-state index contributed by atoms with van der Waals surface area (Å²) in [6.45, 7) is 0. The Labute approximate surface area is 80.6 Å². The van der Waals surface area contributed by atoms with Gasteiger partial charge < -0.3 is 10.1 Å². The molecule has 2 aromatic heterocycles. The van der Waals surface area contributed by atoms with Crippen LogP contribution in [-0.2, 0) is 0 Å². The molecular weight excluding hydrogens is 178 g/mol. The van der Waals surface area contributed by atoms with Gasteiger partial charge in [0.2, 0.25) is 0 Å². The molecule has 4 nitrogen and oxygen atoms in total. The third-order valence-corrected chi connectivity index (χ3v) is 2.00. The number of hydrogen-bond acceptors (Lipinski definition) is 4. The molecule has 0 aromatic carbocycles. The highest BCUT2D eigenvalue weighted by molar-refractivity contribution is 5.69. The predicted octanol–water partition coefficient (Wildman–Crippen LogP) is 2.33. The molecule has 0 atom stereocenters. The van der Waals surface area contributed by atoms with Crippen molar-refractivity contribution in [2.24, 2.45) is 0 Å². The number of aromatic nitrogens is 2. The lowest BCUT2D eigenvalue weighted by atomic mass is 10.3. The molecule has 0 fully saturated rings. The zero-order valence-corrected chi connectivity index (χ0v) is 7.27. The van der Waals surface area contributed by atoms with Crippen molar-refractivity contribution in [3.05, 3.63) is 36.7 Å². The van der Waals surface area contributed by atoms with Crippen LogP contribution >= 0.6 is 0 Å². The molecule has 2 aromatic rings. The van der Waals surface area contributed by atoms with Gasteiger partial charge in [0.05, 0.1) is 0 Å². The second-order valence-electron chi connectivity index (χ2n) is 2.93. The molecule has 0 saturated heterocycles. The van der Waals surface area contributed by atoms with E-state index in [2.05, 4.69) is 15.3 Å². The Bertz CT molecular complexity index is 397. The van der Waals surface area contributed by atoms with Gasteiger partial charge in [-0.2, -0.15) is 0 Å². The van der Waals surface area contributed by atoms with Crippen LogP contribution in [0.15, 0.2) is 36.7 Å². The molecule has 3 rings (SSSR count). The summed E-state index contributed by atoms with van der Waals surface area (Å²) in [5.74, 6) is 2.87. The van der Waals surface area contributed by atoms with E-state index in [4.69, 9.17) is 4.74 Å². The van der Waals surface area contributed by atoms with Crippen LogP contribution in [0.3, 0.4) is 0 Å². The van der Waals surface area contributed by atoms with Gasteiger partial charge >= 0.3 is 0 Å². The van der Waals surface area contributed by atoms with Crippen LogP contribution in [-0.4, -0.2) is 9.97 Å². The monoisotopic (exact) mass is 185 g/mol. The van der Waals surface area contributed by atoms with Crippen LogP contribution in [0.5, 0.6) is 11.5 Å². The summed E-state index contributed by atoms with van der Waals surface area (Å²) < 4.78 is 5.59. The molecule has 0 radical (unpaired) electrons. The molecule has 0 amide bonds. The third kappa shape index (κ3) is 1.01. The van der Waals surface area contributed by atoms with Gasteiger partial charge in [0.1, 0.15) is 0 Å². The largest absolute Gasteiger partial charge is 0.450 e. The standard InChI is InChI=1S/C10H7N3O/c1-3-7-9(11-5-1)13-10-8(14-7)4-2-6-12-10/h1-6H,(H,11,12,13). The second kappa shape index (κ2) is 2.70. The molecule has 1 aliphatic rings. The molecule has 14 heavy (non-hydrogen) atoms. The van der Waals surface area contributed by atoms with Crippen LogP contribution in [0.25, 0.3) is 0 Å². The number of hydrogen-bond donors (Lipinski definition) is 1. The Hall–Kier alpha value is -2.10. The van der Waals surface area contributed by atoms with Gasteiger partial charge in [-0.25, -0.2) is 9.97 Å². The summed E-state index contributed by atoms with van der Waals surface area (Å²) in [5, 5.41) is 3.09. The van der Waals surface area contributed by atoms with E-state index >= 15 is 0 Å². The maximum absolute atomic E-state index is 5.59. The summed E-state index contributed by atoms with van der Waals surface area (Å²) in [6.07, 6.45) is 3.42. The Morgan fingerprint density at radius 2 is 1.50 bits per heavy atom. The first kappa shape index (κ1) is 7.32. The van der Waals surface area contributed by atoms with Gasteiger partial charge in [-0.15, -0.1) is 0 Å². The molecule has 0 aliphatic carbocycles. The quantitative estimate of drug-likeness (QED) is 0.583. The van der Waals surface area contributed by atoms with Crippen LogP contribution in [0.2, 0.25) is 0 Å². The van der Waals surface area contributed by atoms with Crippen molar-refractivity contribution in [2.45, 2.75) is 0 Å². The van der Waals surface area contributed by atoms with Crippen molar-refractivity contribution in [2.75, 3.05) is 5.32 Å². The number of ether oxygens (including phenoxy) is 1. The minimum atomic E-state index is 0.707. The smallest absolute Gasteiger partial charge is 0.175 e. The summed E-state index contributed by atoms with van der Waals surface area (Å²) >= 11 is 0. The number of pyridine rings is 2. The molecule has 0 bridgehead atoms. The van der Waals surface area contributed by atoms with Crippen molar-refractivity contribution in [3.63, 3.8) is 0 Å². The van der Waals surface area contributed by atoms with E-state index in [0.717, 1.165) is 11.5 Å². The lowest BCUT2D eigenvalue weighted by molar-refractivity contribution is 0.476. The maximum Gasteiger partial charge on any atom is 0.175 e. The van der Waals surface area contributed by atoms with Crippen molar-refractivity contribution in [3.8, 4) is 11.5 Å². The predicted molar refractivity (Wildman–Crippen MR) is 51.8 cm³/mol. The normalized spacial score (nSPS) is 12.0. The van der Waals surface area contributed by atoms with E-state index in [0.29, 0.717) is 11.6 Å². The summed E-state index contributed by atoms with van der Waals surface area (Å²) in [5.41, 5.74) is 0. The fraction of sp³-hybridized carbons (Fsp3) is 0. The Morgan fingerprint density at radius 1 is 0.929 bits per heavy atom. The summed E-state index contributed by atoms with van der Waals surface area (Å²) in [4.78, 5) is 8.28. The topological polar surface area (TPSA) is 47.0 Å². The van der Waals surface area contributed by atoms with Gasteiger partial charge in [-0.1, -0.05) is 0 Å². The number of anilines is 2. The van der Waals surface area contributed by atoms with Crippen molar-refractivity contribution in [1.29, 1.82) is 0 Å². The van der Waals surface area contributed by atoms with E-state index in [1.54, 1.807) is 12.4 Å². The highest BCUT2D eigenvalue weighted by atomic mass is 16.5. The van der Waals surface area contributed by atoms with Crippen LogP contribution in [0.4, 0.5) is 11.6 Å². The summed E-state index contributed by atoms with van der Waals surface area (Å²) in [7, 11) is 0. The van der Waals surface area contributed by atoms with Gasteiger partial charge in [0, 0.05) is 12.4 Å². The summed E-state index contributed by atoms with van der Waals surface area (Å²) in [6, 6.07) is 7.40. The fourth-order valence-corrected chi connectivity index (χ4v) is 1.36. The minimum Gasteiger partial charge on any atom is -0.450 e. The van der Waals surface area contributed by atoms with Gasteiger partial charge in [-0.05, 0) is 24.3 Å². The molecule has 68 valence electrons. The third-order valence-electron chi connectivity index (χ3n) is 2.00. The number of nitrogens with one attached hydrogen (secondary N) is 1. The lowest BCUT2D eigenvalue weighted by Crippen LogP contribution is -2.05. The van der Waals surface area contributed by atoms with Gasteiger partial charge in [-0.3, -0.25) is 0 Å². The Morgan fingerprint density at radius 3 is 2.07 bits per heavy atom. The van der Waals surface area contributed by atoms with Crippen molar-refractivity contribution >= 4 is 11.6 Å². The molecule has 1 N–H and O–H groups in total. The molecular formula is C10H7N3O. The second-order valence-corrected chi connectivity index (χ2v) is 2.93. The Kier molecular flexibility index (Phi) is 1.41. The zero-order chi connectivity index (χ0) is 9.38. The van der Waals surface area contributed by atoms with Gasteiger partial charge in [0.25, 0.3) is 0 Å². The van der Waals surface area contributed by atoms with E-state index in [-0.39, 0.29) is 0 Å². The molecule has 0 unspecified atom stereocenters. The molecule has 0 saturated carbocycles. The SMILES string of the molecule is c1cnc2c(c1)Oc1cccnc1N2. The molecule has 1 aliphatic heterocycles. The number of nitrogens with zero attached hydrogens (tertiary/aromatic N) is 2. The molecule has 3 heterocycles. The first-order valence-electron chi connectivity index (χ1n) is 4.28. The number of fused-ring (bicyclic) bond motifs is 2. The number of rotatable bonds is 0. The van der Waals surface area contributed by atoms with Crippen LogP contribution in [0.1, 0.15) is 0 Å². The van der Waals surface area contributed by atoms with Crippen molar-refractivity contribution < 1.29 is 4.74 Å². The van der Waals surface area contributed by atoms with E-state index in [9.17, 15) is 0 Å². The van der Waals surface area contributed by atoms with Crippen LogP contribution in [0, 0.1) is 0 Å². The molecule has 4 heteroatoms. The fourth-order valence-electron chi connectivity index (χ4n) is 1.36. The van der Waals surface area contributed by atoms with E-state index in [1.807, 2.05) is 24.3 Å². The average molecular weight is 185 g/mol. The first-order chi connectivity index (χ1) is 6.93. The minimum absolute atomic E-state index is 0.707. The van der Waals surface area contributed by atoms with Crippen molar-refractivity contribution in [1.82, 2.24) is 9.97 Å². The molecule has 0 spiro atoms. The zero-order valence-electron chi connectivity index (χ0n) is 7.27. The van der Waals surface area contributed by atoms with E-state index < -0.39 is 0 Å². The maximum atomic E-state index is 5.59.